The van der Waals surface area contributed by atoms with Crippen LogP contribution in [0.2, 0.25) is 5.02 Å². The predicted octanol–water partition coefficient (Wildman–Crippen LogP) is 5.62. The van der Waals surface area contributed by atoms with E-state index < -0.39 is 0 Å². The number of hydrogen-bond donors (Lipinski definition) is 0. The Labute approximate surface area is 190 Å². The van der Waals surface area contributed by atoms with Crippen molar-refractivity contribution < 1.29 is 14.0 Å². The summed E-state index contributed by atoms with van der Waals surface area (Å²) in [6.07, 6.45) is 0. The minimum Gasteiger partial charge on any atom is -0.332 e. The van der Waals surface area contributed by atoms with Gasteiger partial charge < -0.3 is 9.80 Å². The SMILES string of the molecule is CC(C)N(CC(=O)N(Cc1ccc(F)cc1)Cc1cccs1)C(=O)c1ccc(Cl)cc1. The zero-order valence-electron chi connectivity index (χ0n) is 17.4. The van der Waals surface area contributed by atoms with E-state index in [-0.39, 0.29) is 30.2 Å². The molecule has 2 aromatic carbocycles. The number of nitrogens with zero attached hydrogens (tertiary/aromatic N) is 2. The van der Waals surface area contributed by atoms with Gasteiger partial charge in [-0.05, 0) is 67.3 Å². The van der Waals surface area contributed by atoms with Gasteiger partial charge in [-0.25, -0.2) is 4.39 Å². The van der Waals surface area contributed by atoms with E-state index in [1.165, 1.54) is 12.1 Å². The molecular formula is C24H24ClFN2O2S. The smallest absolute Gasteiger partial charge is 0.254 e. The minimum absolute atomic E-state index is 0.0499. The van der Waals surface area contributed by atoms with Crippen LogP contribution >= 0.6 is 22.9 Å². The van der Waals surface area contributed by atoms with Gasteiger partial charge in [0.1, 0.15) is 12.4 Å². The van der Waals surface area contributed by atoms with Crippen molar-refractivity contribution in [2.75, 3.05) is 6.54 Å². The lowest BCUT2D eigenvalue weighted by Gasteiger charge is -2.30. The van der Waals surface area contributed by atoms with Crippen LogP contribution in [-0.2, 0) is 17.9 Å². The first kappa shape index (κ1) is 23.0. The molecule has 162 valence electrons. The average molecular weight is 459 g/mol. The molecule has 0 spiro atoms. The highest BCUT2D eigenvalue weighted by Gasteiger charge is 2.25. The number of benzene rings is 2. The van der Waals surface area contributed by atoms with Crippen LogP contribution in [0, 0.1) is 5.82 Å². The van der Waals surface area contributed by atoms with Crippen LogP contribution in [-0.4, -0.2) is 34.2 Å². The fraction of sp³-hybridized carbons (Fsp3) is 0.250. The van der Waals surface area contributed by atoms with Crippen molar-refractivity contribution in [2.24, 2.45) is 0 Å². The molecule has 2 amide bonds. The van der Waals surface area contributed by atoms with Gasteiger partial charge in [0, 0.05) is 28.0 Å². The van der Waals surface area contributed by atoms with Crippen molar-refractivity contribution in [1.29, 1.82) is 0 Å². The molecule has 1 heterocycles. The predicted molar refractivity (Wildman–Crippen MR) is 123 cm³/mol. The lowest BCUT2D eigenvalue weighted by molar-refractivity contribution is -0.133. The number of carbonyl (C=O) groups is 2. The molecule has 3 aromatic rings. The van der Waals surface area contributed by atoms with E-state index in [2.05, 4.69) is 0 Å². The van der Waals surface area contributed by atoms with Crippen molar-refractivity contribution in [2.45, 2.75) is 33.0 Å². The Bertz CT molecular complexity index is 1010. The lowest BCUT2D eigenvalue weighted by atomic mass is 10.1. The zero-order valence-corrected chi connectivity index (χ0v) is 19.0. The molecule has 0 radical (unpaired) electrons. The number of carbonyl (C=O) groups excluding carboxylic acids is 2. The van der Waals surface area contributed by atoms with Crippen LogP contribution in [0.15, 0.2) is 66.0 Å². The van der Waals surface area contributed by atoms with Gasteiger partial charge in [0.2, 0.25) is 5.91 Å². The molecule has 0 N–H and O–H groups in total. The summed E-state index contributed by atoms with van der Waals surface area (Å²) in [5.74, 6) is -0.717. The summed E-state index contributed by atoms with van der Waals surface area (Å²) in [5.41, 5.74) is 1.31. The van der Waals surface area contributed by atoms with E-state index >= 15 is 0 Å². The van der Waals surface area contributed by atoms with Gasteiger partial charge in [-0.15, -0.1) is 11.3 Å². The van der Waals surface area contributed by atoms with Gasteiger partial charge in [0.05, 0.1) is 6.54 Å². The number of thiophene rings is 1. The van der Waals surface area contributed by atoms with Crippen LogP contribution in [0.1, 0.15) is 34.6 Å². The molecular weight excluding hydrogens is 435 g/mol. The van der Waals surface area contributed by atoms with Gasteiger partial charge in [0.25, 0.3) is 5.91 Å². The maximum Gasteiger partial charge on any atom is 0.254 e. The van der Waals surface area contributed by atoms with Crippen molar-refractivity contribution in [3.8, 4) is 0 Å². The van der Waals surface area contributed by atoms with Gasteiger partial charge in [-0.3, -0.25) is 9.59 Å². The third-order valence-electron chi connectivity index (χ3n) is 4.85. The molecule has 0 aliphatic carbocycles. The van der Waals surface area contributed by atoms with Gasteiger partial charge >= 0.3 is 0 Å². The summed E-state index contributed by atoms with van der Waals surface area (Å²) in [7, 11) is 0. The molecule has 0 saturated heterocycles. The van der Waals surface area contributed by atoms with E-state index in [4.69, 9.17) is 11.6 Å². The number of amides is 2. The lowest BCUT2D eigenvalue weighted by Crippen LogP contribution is -2.45. The molecule has 0 aliphatic rings. The fourth-order valence-electron chi connectivity index (χ4n) is 3.13. The van der Waals surface area contributed by atoms with Crippen LogP contribution in [0.5, 0.6) is 0 Å². The van der Waals surface area contributed by atoms with Crippen LogP contribution in [0.25, 0.3) is 0 Å². The van der Waals surface area contributed by atoms with E-state index in [1.807, 2.05) is 31.4 Å². The third kappa shape index (κ3) is 6.39. The van der Waals surface area contributed by atoms with Crippen LogP contribution in [0.3, 0.4) is 0 Å². The van der Waals surface area contributed by atoms with Crippen molar-refractivity contribution >= 4 is 34.8 Å². The molecule has 0 atom stereocenters. The highest BCUT2D eigenvalue weighted by atomic mass is 35.5. The Kier molecular flexibility index (Phi) is 7.82. The highest BCUT2D eigenvalue weighted by Crippen LogP contribution is 2.17. The summed E-state index contributed by atoms with van der Waals surface area (Å²) in [4.78, 5) is 30.6. The monoisotopic (exact) mass is 458 g/mol. The van der Waals surface area contributed by atoms with Gasteiger partial charge in [-0.1, -0.05) is 29.8 Å². The third-order valence-corrected chi connectivity index (χ3v) is 5.96. The Hall–Kier alpha value is -2.70. The molecule has 3 rings (SSSR count). The largest absolute Gasteiger partial charge is 0.332 e. The van der Waals surface area contributed by atoms with E-state index in [1.54, 1.807) is 57.5 Å². The summed E-state index contributed by atoms with van der Waals surface area (Å²) >= 11 is 7.50. The second kappa shape index (κ2) is 10.6. The highest BCUT2D eigenvalue weighted by molar-refractivity contribution is 7.09. The topological polar surface area (TPSA) is 40.6 Å². The minimum atomic E-state index is -0.320. The van der Waals surface area contributed by atoms with Crippen LogP contribution in [0.4, 0.5) is 4.39 Å². The molecule has 0 unspecified atom stereocenters. The molecule has 7 heteroatoms. The molecule has 4 nitrogen and oxygen atoms in total. The fourth-order valence-corrected chi connectivity index (χ4v) is 3.97. The van der Waals surface area contributed by atoms with Crippen LogP contribution < -0.4 is 0 Å². The van der Waals surface area contributed by atoms with E-state index in [0.29, 0.717) is 23.7 Å². The molecule has 31 heavy (non-hydrogen) atoms. The van der Waals surface area contributed by atoms with Gasteiger partial charge in [-0.2, -0.15) is 0 Å². The standard InChI is InChI=1S/C24H24ClFN2O2S/c1-17(2)28(24(30)19-7-9-20(25)10-8-19)16-23(29)27(15-22-4-3-13-31-22)14-18-5-11-21(26)12-6-18/h3-13,17H,14-16H2,1-2H3. The van der Waals surface area contributed by atoms with Crippen molar-refractivity contribution in [3.05, 3.63) is 92.9 Å². The maximum atomic E-state index is 13.3. The summed E-state index contributed by atoms with van der Waals surface area (Å²) in [5, 5.41) is 2.51. The zero-order chi connectivity index (χ0) is 22.4. The molecule has 0 aliphatic heterocycles. The summed E-state index contributed by atoms with van der Waals surface area (Å²) in [6, 6.07) is 16.5. The Balaban J connectivity index is 1.79. The first-order valence-electron chi connectivity index (χ1n) is 9.94. The second-order valence-corrected chi connectivity index (χ2v) is 8.96. The number of rotatable bonds is 8. The van der Waals surface area contributed by atoms with Crippen molar-refractivity contribution in [3.63, 3.8) is 0 Å². The molecule has 1 aromatic heterocycles. The molecule has 0 saturated carbocycles. The maximum absolute atomic E-state index is 13.3. The Morgan fingerprint density at radius 1 is 1.00 bits per heavy atom. The first-order valence-corrected chi connectivity index (χ1v) is 11.2. The first-order chi connectivity index (χ1) is 14.8. The molecule has 0 fully saturated rings. The Morgan fingerprint density at radius 3 is 2.26 bits per heavy atom. The molecule has 0 bridgehead atoms. The normalized spacial score (nSPS) is 10.9. The summed E-state index contributed by atoms with van der Waals surface area (Å²) < 4.78 is 13.3. The quantitative estimate of drug-likeness (QED) is 0.439. The van der Waals surface area contributed by atoms with E-state index in [9.17, 15) is 14.0 Å². The summed E-state index contributed by atoms with van der Waals surface area (Å²) in [6.45, 7) is 4.47. The number of hydrogen-bond acceptors (Lipinski definition) is 3. The van der Waals surface area contributed by atoms with E-state index in [0.717, 1.165) is 10.4 Å². The van der Waals surface area contributed by atoms with Crippen molar-refractivity contribution in [1.82, 2.24) is 9.80 Å². The average Bonchev–Trinajstić information content (AvgIpc) is 3.26. The van der Waals surface area contributed by atoms with Gasteiger partial charge in [0.15, 0.2) is 0 Å². The second-order valence-electron chi connectivity index (χ2n) is 7.49. The number of halogens is 2. The Morgan fingerprint density at radius 2 is 1.68 bits per heavy atom.